The van der Waals surface area contributed by atoms with E-state index >= 15 is 0 Å². The minimum atomic E-state index is 0.777. The second-order valence-electron chi connectivity index (χ2n) is 4.31. The van der Waals surface area contributed by atoms with Crippen LogP contribution in [0.5, 0.6) is 0 Å². The Morgan fingerprint density at radius 3 is 2.42 bits per heavy atom. The molecule has 0 nitrogen and oxygen atoms in total. The molecule has 68 valence electrons. The molecule has 0 bridgehead atoms. The fraction of sp³-hybridized carbons (Fsp3) is 0.750. The molecule has 0 unspecified atom stereocenters. The van der Waals surface area contributed by atoms with Gasteiger partial charge in [-0.25, -0.2) is 0 Å². The highest BCUT2D eigenvalue weighted by Gasteiger charge is 2.05. The van der Waals surface area contributed by atoms with Crippen molar-refractivity contribution < 1.29 is 0 Å². The predicted molar refractivity (Wildman–Crippen MR) is 54.1 cm³/mol. The van der Waals surface area contributed by atoms with E-state index < -0.39 is 0 Å². The summed E-state index contributed by atoms with van der Waals surface area (Å²) < 4.78 is 0. The maximum atomic E-state index is 3.54. The molecule has 1 rings (SSSR count). The first-order valence-corrected chi connectivity index (χ1v) is 5.12. The zero-order valence-electron chi connectivity index (χ0n) is 8.61. The van der Waals surface area contributed by atoms with E-state index in [2.05, 4.69) is 26.5 Å². The van der Waals surface area contributed by atoms with Gasteiger partial charge in [-0.2, -0.15) is 0 Å². The van der Waals surface area contributed by atoms with Gasteiger partial charge in [0.25, 0.3) is 0 Å². The lowest BCUT2D eigenvalue weighted by Gasteiger charge is -2.01. The van der Waals surface area contributed by atoms with E-state index in [1.54, 1.807) is 5.57 Å². The van der Waals surface area contributed by atoms with Gasteiger partial charge in [0.15, 0.2) is 0 Å². The van der Waals surface area contributed by atoms with E-state index in [1.165, 1.54) is 37.7 Å². The Balaban J connectivity index is 2.58. The number of rotatable bonds is 2. The van der Waals surface area contributed by atoms with E-state index in [1.807, 2.05) is 0 Å². The molecule has 0 heterocycles. The summed E-state index contributed by atoms with van der Waals surface area (Å²) in [6.07, 6.45) is 6.59. The molecule has 0 saturated heterocycles. The van der Waals surface area contributed by atoms with Gasteiger partial charge >= 0.3 is 0 Å². The highest BCUT2D eigenvalue weighted by molar-refractivity contribution is 5.10. The van der Waals surface area contributed by atoms with Gasteiger partial charge in [0.1, 0.15) is 0 Å². The van der Waals surface area contributed by atoms with Crippen molar-refractivity contribution in [2.24, 2.45) is 5.92 Å². The van der Waals surface area contributed by atoms with Gasteiger partial charge in [0.05, 0.1) is 0 Å². The molecule has 0 N–H and O–H groups in total. The van der Waals surface area contributed by atoms with Crippen LogP contribution in [0.1, 0.15) is 52.9 Å². The van der Waals surface area contributed by atoms with E-state index in [0.717, 1.165) is 5.92 Å². The molecule has 0 heteroatoms. The Bertz CT molecular complexity index is 194. The van der Waals surface area contributed by atoms with Crippen LogP contribution in [0.15, 0.2) is 16.9 Å². The van der Waals surface area contributed by atoms with E-state index in [9.17, 15) is 0 Å². The molecule has 0 aromatic rings. The van der Waals surface area contributed by atoms with Crippen molar-refractivity contribution >= 4 is 0 Å². The van der Waals surface area contributed by atoms with Crippen LogP contribution in [0.2, 0.25) is 0 Å². The van der Waals surface area contributed by atoms with Crippen LogP contribution in [-0.4, -0.2) is 0 Å². The molecule has 0 amide bonds. The molecular weight excluding hydrogens is 144 g/mol. The fourth-order valence-corrected chi connectivity index (χ4v) is 1.89. The topological polar surface area (TPSA) is 0 Å². The fourth-order valence-electron chi connectivity index (χ4n) is 1.89. The first-order chi connectivity index (χ1) is 5.68. The summed E-state index contributed by atoms with van der Waals surface area (Å²) in [7, 11) is 0. The first-order valence-electron chi connectivity index (χ1n) is 5.12. The lowest BCUT2D eigenvalue weighted by atomic mass is 10.0. The van der Waals surface area contributed by atoms with Crippen LogP contribution in [0.25, 0.3) is 0 Å². The van der Waals surface area contributed by atoms with Crippen molar-refractivity contribution in [2.75, 3.05) is 0 Å². The Morgan fingerprint density at radius 2 is 1.92 bits per heavy atom. The number of allylic oxidation sites excluding steroid dienone is 1. The number of hydrogen-bond acceptors (Lipinski definition) is 0. The summed E-state index contributed by atoms with van der Waals surface area (Å²) in [5, 5.41) is 0. The lowest BCUT2D eigenvalue weighted by Crippen LogP contribution is -1.86. The Morgan fingerprint density at radius 1 is 1.33 bits per heavy atom. The van der Waals surface area contributed by atoms with Crippen LogP contribution < -0.4 is 0 Å². The summed E-state index contributed by atoms with van der Waals surface area (Å²) >= 11 is 0. The van der Waals surface area contributed by atoms with Crippen LogP contribution in [-0.2, 0) is 0 Å². The zero-order chi connectivity index (χ0) is 8.97. The van der Waals surface area contributed by atoms with Crippen molar-refractivity contribution in [1.82, 2.24) is 0 Å². The van der Waals surface area contributed by atoms with E-state index in [4.69, 9.17) is 0 Å². The second-order valence-corrected chi connectivity index (χ2v) is 4.31. The molecule has 1 saturated carbocycles. The normalized spacial score (nSPS) is 16.8. The summed E-state index contributed by atoms with van der Waals surface area (Å²) in [5.74, 6) is 0.777. The summed E-state index contributed by atoms with van der Waals surface area (Å²) in [4.78, 5) is 0. The minimum Gasteiger partial charge on any atom is -0.123 e. The summed E-state index contributed by atoms with van der Waals surface area (Å²) in [5.41, 5.74) is 6.55. The molecule has 0 radical (unpaired) electrons. The third-order valence-electron chi connectivity index (χ3n) is 2.31. The van der Waals surface area contributed by atoms with Gasteiger partial charge in [0, 0.05) is 0 Å². The lowest BCUT2D eigenvalue weighted by molar-refractivity contribution is 0.642. The van der Waals surface area contributed by atoms with Gasteiger partial charge in [-0.05, 0) is 56.1 Å². The maximum Gasteiger partial charge on any atom is -0.0223 e. The van der Waals surface area contributed by atoms with Crippen molar-refractivity contribution in [3.05, 3.63) is 16.9 Å². The third-order valence-corrected chi connectivity index (χ3v) is 2.31. The first kappa shape index (κ1) is 9.61. The van der Waals surface area contributed by atoms with Crippen LogP contribution >= 0.6 is 0 Å². The number of hydrogen-bond donors (Lipinski definition) is 0. The van der Waals surface area contributed by atoms with Gasteiger partial charge < -0.3 is 0 Å². The van der Waals surface area contributed by atoms with Gasteiger partial charge in [-0.15, -0.1) is 5.73 Å². The van der Waals surface area contributed by atoms with E-state index in [-0.39, 0.29) is 0 Å². The summed E-state index contributed by atoms with van der Waals surface area (Å²) in [6.45, 7) is 6.75. The minimum absolute atomic E-state index is 0.777. The van der Waals surface area contributed by atoms with Gasteiger partial charge in [-0.3, -0.25) is 0 Å². The standard InChI is InChI=1S/C12H20/c1-10(2)8-11(3)9-12-6-4-5-7-12/h10H,4-8H2,1-3H3. The quantitative estimate of drug-likeness (QED) is 0.539. The Labute approximate surface area is 76.4 Å². The van der Waals surface area contributed by atoms with E-state index in [0.29, 0.717) is 0 Å². The Kier molecular flexibility index (Phi) is 3.62. The maximum absolute atomic E-state index is 3.54. The molecule has 0 spiro atoms. The smallest absolute Gasteiger partial charge is 0.0223 e. The van der Waals surface area contributed by atoms with Crippen LogP contribution in [0.3, 0.4) is 0 Å². The molecule has 1 aliphatic rings. The molecular formula is C12H20. The molecule has 1 fully saturated rings. The average molecular weight is 164 g/mol. The van der Waals surface area contributed by atoms with Crippen molar-refractivity contribution in [2.45, 2.75) is 52.9 Å². The van der Waals surface area contributed by atoms with Crippen LogP contribution in [0, 0.1) is 5.92 Å². The molecule has 12 heavy (non-hydrogen) atoms. The van der Waals surface area contributed by atoms with Gasteiger partial charge in [-0.1, -0.05) is 13.8 Å². The monoisotopic (exact) mass is 164 g/mol. The highest BCUT2D eigenvalue weighted by Crippen LogP contribution is 2.23. The summed E-state index contributed by atoms with van der Waals surface area (Å²) in [6, 6.07) is 0. The highest BCUT2D eigenvalue weighted by atomic mass is 14.1. The van der Waals surface area contributed by atoms with Crippen LogP contribution in [0.4, 0.5) is 0 Å². The molecule has 0 aliphatic heterocycles. The molecule has 0 aromatic heterocycles. The predicted octanol–water partition coefficient (Wildman–Crippen LogP) is 4.08. The van der Waals surface area contributed by atoms with Crippen molar-refractivity contribution in [3.8, 4) is 0 Å². The second kappa shape index (κ2) is 4.52. The Hall–Kier alpha value is -0.480. The zero-order valence-corrected chi connectivity index (χ0v) is 8.61. The molecule has 1 aliphatic carbocycles. The third kappa shape index (κ3) is 3.28. The van der Waals surface area contributed by atoms with Crippen molar-refractivity contribution in [3.63, 3.8) is 0 Å². The average Bonchev–Trinajstić information content (AvgIpc) is 2.37. The van der Waals surface area contributed by atoms with Crippen molar-refractivity contribution in [1.29, 1.82) is 0 Å². The molecule has 0 atom stereocenters. The molecule has 0 aromatic carbocycles. The SMILES string of the molecule is CC(=C=C1CCCC1)CC(C)C. The van der Waals surface area contributed by atoms with Gasteiger partial charge in [0.2, 0.25) is 0 Å². The largest absolute Gasteiger partial charge is 0.123 e.